The van der Waals surface area contributed by atoms with Crippen LogP contribution in [0.2, 0.25) is 0 Å². The van der Waals surface area contributed by atoms with Crippen LogP contribution in [-0.2, 0) is 16.1 Å². The Balaban J connectivity index is 1.49. The van der Waals surface area contributed by atoms with Gasteiger partial charge in [0.15, 0.2) is 0 Å². The molecule has 136 valence electrons. The maximum absolute atomic E-state index is 12.7. The van der Waals surface area contributed by atoms with Gasteiger partial charge < -0.3 is 9.47 Å². The Morgan fingerprint density at radius 1 is 1.26 bits per heavy atom. The van der Waals surface area contributed by atoms with Crippen LogP contribution in [-0.4, -0.2) is 46.3 Å². The quantitative estimate of drug-likeness (QED) is 0.834. The molecule has 27 heavy (non-hydrogen) atoms. The second kappa shape index (κ2) is 7.56. The summed E-state index contributed by atoms with van der Waals surface area (Å²) in [7, 11) is 0. The number of hydrogen-bond donors (Lipinski definition) is 0. The van der Waals surface area contributed by atoms with Gasteiger partial charge in [-0.15, -0.1) is 0 Å². The van der Waals surface area contributed by atoms with Crippen LogP contribution in [0.5, 0.6) is 0 Å². The zero-order valence-electron chi connectivity index (χ0n) is 14.6. The van der Waals surface area contributed by atoms with Gasteiger partial charge in [0.1, 0.15) is 12.7 Å². The fourth-order valence-corrected chi connectivity index (χ4v) is 3.44. The maximum Gasteiger partial charge on any atom is 0.411 e. The van der Waals surface area contributed by atoms with Gasteiger partial charge >= 0.3 is 6.09 Å². The Morgan fingerprint density at radius 3 is 2.74 bits per heavy atom. The van der Waals surface area contributed by atoms with Gasteiger partial charge in [0.2, 0.25) is 5.82 Å². The van der Waals surface area contributed by atoms with Crippen LogP contribution in [0.15, 0.2) is 48.8 Å². The highest BCUT2D eigenvalue weighted by molar-refractivity contribution is 5.74. The molecule has 3 heterocycles. The van der Waals surface area contributed by atoms with Crippen molar-refractivity contribution in [1.29, 1.82) is 5.26 Å². The van der Waals surface area contributed by atoms with E-state index >= 15 is 0 Å². The predicted molar refractivity (Wildman–Crippen MR) is 96.2 cm³/mol. The number of ether oxygens (including phenoxy) is 2. The molecule has 2 unspecified atom stereocenters. The lowest BCUT2D eigenvalue weighted by molar-refractivity contribution is -0.0342. The van der Waals surface area contributed by atoms with E-state index in [2.05, 4.69) is 9.97 Å². The van der Waals surface area contributed by atoms with Crippen LogP contribution >= 0.6 is 0 Å². The lowest BCUT2D eigenvalue weighted by Gasteiger charge is -2.43. The SMILES string of the molecule is N#Cc1ncc(C2=CC3COCC(C2)N3C(=O)OCc2ccccc2)cn1. The minimum absolute atomic E-state index is 0.0948. The number of fused-ring (bicyclic) bond motifs is 2. The van der Waals surface area contributed by atoms with Crippen molar-refractivity contribution in [2.24, 2.45) is 0 Å². The third kappa shape index (κ3) is 3.66. The lowest BCUT2D eigenvalue weighted by Crippen LogP contribution is -2.56. The molecule has 0 aliphatic carbocycles. The van der Waals surface area contributed by atoms with E-state index in [9.17, 15) is 4.79 Å². The van der Waals surface area contributed by atoms with Gasteiger partial charge in [-0.05, 0) is 17.6 Å². The molecule has 2 aliphatic rings. The third-order valence-corrected chi connectivity index (χ3v) is 4.74. The highest BCUT2D eigenvalue weighted by atomic mass is 16.6. The van der Waals surface area contributed by atoms with E-state index in [0.717, 1.165) is 16.7 Å². The van der Waals surface area contributed by atoms with E-state index in [-0.39, 0.29) is 30.6 Å². The maximum atomic E-state index is 12.7. The Hall–Kier alpha value is -3.24. The predicted octanol–water partition coefficient (Wildman–Crippen LogP) is 2.54. The van der Waals surface area contributed by atoms with Crippen molar-refractivity contribution in [3.63, 3.8) is 0 Å². The molecule has 0 saturated carbocycles. The van der Waals surface area contributed by atoms with Crippen molar-refractivity contribution < 1.29 is 14.3 Å². The summed E-state index contributed by atoms with van der Waals surface area (Å²) in [6.07, 6.45) is 5.61. The standard InChI is InChI=1S/C20H18N4O3/c21-8-19-22-9-16(10-23-19)15-6-17-12-26-13-18(7-15)24(17)20(25)27-11-14-4-2-1-3-5-14/h1-6,9-10,17-18H,7,11-13H2. The first-order valence-electron chi connectivity index (χ1n) is 8.74. The summed E-state index contributed by atoms with van der Waals surface area (Å²) < 4.78 is 11.1. The molecule has 1 aromatic heterocycles. The molecule has 1 aromatic carbocycles. The zero-order valence-corrected chi connectivity index (χ0v) is 14.6. The smallest absolute Gasteiger partial charge is 0.411 e. The van der Waals surface area contributed by atoms with Gasteiger partial charge in [0.05, 0.1) is 25.3 Å². The number of benzene rings is 1. The minimum Gasteiger partial charge on any atom is -0.445 e. The molecule has 0 N–H and O–H groups in total. The Bertz CT molecular complexity index is 890. The number of nitrogens with zero attached hydrogens (tertiary/aromatic N) is 4. The van der Waals surface area contributed by atoms with E-state index in [4.69, 9.17) is 14.7 Å². The fourth-order valence-electron chi connectivity index (χ4n) is 3.44. The average molecular weight is 362 g/mol. The first-order chi connectivity index (χ1) is 13.2. The zero-order chi connectivity index (χ0) is 18.6. The Kier molecular flexibility index (Phi) is 4.81. The van der Waals surface area contributed by atoms with Crippen molar-refractivity contribution in [3.05, 3.63) is 65.8 Å². The molecule has 4 rings (SSSR count). The summed E-state index contributed by atoms with van der Waals surface area (Å²) in [6, 6.07) is 11.2. The second-order valence-corrected chi connectivity index (χ2v) is 6.51. The molecule has 2 aromatic rings. The fraction of sp³-hybridized carbons (Fsp3) is 0.300. The van der Waals surface area contributed by atoms with Crippen molar-refractivity contribution in [1.82, 2.24) is 14.9 Å². The van der Waals surface area contributed by atoms with E-state index in [0.29, 0.717) is 19.6 Å². The molecule has 1 saturated heterocycles. The minimum atomic E-state index is -0.330. The van der Waals surface area contributed by atoms with Gasteiger partial charge in [0, 0.05) is 18.0 Å². The van der Waals surface area contributed by atoms with Crippen molar-refractivity contribution in [3.8, 4) is 6.07 Å². The summed E-state index contributed by atoms with van der Waals surface area (Å²) in [6.45, 7) is 1.14. The number of nitriles is 1. The molecule has 2 aliphatic heterocycles. The number of carbonyl (C=O) groups is 1. The Morgan fingerprint density at radius 2 is 2.04 bits per heavy atom. The van der Waals surface area contributed by atoms with Gasteiger partial charge in [-0.3, -0.25) is 4.90 Å². The van der Waals surface area contributed by atoms with Gasteiger partial charge in [-0.2, -0.15) is 5.26 Å². The summed E-state index contributed by atoms with van der Waals surface area (Å²) in [5, 5.41) is 8.83. The third-order valence-electron chi connectivity index (χ3n) is 4.74. The van der Waals surface area contributed by atoms with Crippen LogP contribution in [0.25, 0.3) is 5.57 Å². The van der Waals surface area contributed by atoms with Crippen molar-refractivity contribution >= 4 is 11.7 Å². The second-order valence-electron chi connectivity index (χ2n) is 6.51. The van der Waals surface area contributed by atoms with E-state index in [1.54, 1.807) is 17.3 Å². The van der Waals surface area contributed by atoms with E-state index in [1.165, 1.54) is 0 Å². The van der Waals surface area contributed by atoms with Gasteiger partial charge in [-0.25, -0.2) is 14.8 Å². The van der Waals surface area contributed by atoms with Gasteiger partial charge in [0.25, 0.3) is 0 Å². The summed E-state index contributed by atoms with van der Waals surface area (Å²) in [5.41, 5.74) is 2.88. The lowest BCUT2D eigenvalue weighted by atomic mass is 9.91. The first-order valence-corrected chi connectivity index (χ1v) is 8.74. The molecular weight excluding hydrogens is 344 g/mol. The van der Waals surface area contributed by atoms with Crippen LogP contribution in [0.1, 0.15) is 23.4 Å². The number of morpholine rings is 1. The van der Waals surface area contributed by atoms with E-state index in [1.807, 2.05) is 42.5 Å². The highest BCUT2D eigenvalue weighted by Gasteiger charge is 2.39. The van der Waals surface area contributed by atoms with Crippen LogP contribution < -0.4 is 0 Å². The normalized spacial score (nSPS) is 21.1. The van der Waals surface area contributed by atoms with Gasteiger partial charge in [-0.1, -0.05) is 36.4 Å². The number of carbonyl (C=O) groups excluding carboxylic acids is 1. The molecular formula is C20H18N4O3. The largest absolute Gasteiger partial charge is 0.445 e. The molecule has 7 nitrogen and oxygen atoms in total. The summed E-state index contributed by atoms with van der Waals surface area (Å²) in [4.78, 5) is 22.5. The number of amides is 1. The van der Waals surface area contributed by atoms with E-state index < -0.39 is 0 Å². The topological polar surface area (TPSA) is 88.3 Å². The highest BCUT2D eigenvalue weighted by Crippen LogP contribution is 2.32. The Labute approximate surface area is 156 Å². The first kappa shape index (κ1) is 17.2. The number of aromatic nitrogens is 2. The molecule has 2 atom stereocenters. The average Bonchev–Trinajstić information content (AvgIpc) is 2.72. The van der Waals surface area contributed by atoms with Crippen molar-refractivity contribution in [2.75, 3.05) is 13.2 Å². The van der Waals surface area contributed by atoms with Crippen LogP contribution in [0.4, 0.5) is 4.79 Å². The van der Waals surface area contributed by atoms with Crippen molar-refractivity contribution in [2.45, 2.75) is 25.1 Å². The van der Waals surface area contributed by atoms with Crippen LogP contribution in [0, 0.1) is 11.3 Å². The molecule has 7 heteroatoms. The molecule has 0 radical (unpaired) electrons. The summed E-state index contributed by atoms with van der Waals surface area (Å²) >= 11 is 0. The molecule has 1 amide bonds. The number of rotatable bonds is 3. The number of hydrogen-bond acceptors (Lipinski definition) is 6. The molecule has 2 bridgehead atoms. The molecule has 0 spiro atoms. The monoisotopic (exact) mass is 362 g/mol. The van der Waals surface area contributed by atoms with Crippen LogP contribution in [0.3, 0.4) is 0 Å². The molecule has 1 fully saturated rings. The summed E-state index contributed by atoms with van der Waals surface area (Å²) in [5.74, 6) is 0.143.